The van der Waals surface area contributed by atoms with Crippen molar-refractivity contribution in [2.75, 3.05) is 23.8 Å². The van der Waals surface area contributed by atoms with E-state index in [0.717, 1.165) is 21.8 Å². The zero-order valence-corrected chi connectivity index (χ0v) is 23.0. The van der Waals surface area contributed by atoms with Crippen LogP contribution in [0.25, 0.3) is 0 Å². The van der Waals surface area contributed by atoms with Crippen molar-refractivity contribution in [2.24, 2.45) is 0 Å². The van der Waals surface area contributed by atoms with Crippen molar-refractivity contribution >= 4 is 32.9 Å². The standard InChI is InChI=1S/C26H25F3N4O5S2/c1-37-20-7-4-17(5-8-20)13-33(24-15-39-16-32-24)40(35,36)25-10-21(26(27,28)29)22(12-31-25)30-11-19-6-3-18(14-34)9-23(19)38-2/h3-10,12,15-16,30,34H,11,13-14H2,1-2H3. The topological polar surface area (TPSA) is 114 Å². The zero-order valence-electron chi connectivity index (χ0n) is 21.3. The summed E-state index contributed by atoms with van der Waals surface area (Å²) in [6.45, 7) is -0.491. The Morgan fingerprint density at radius 3 is 2.35 bits per heavy atom. The predicted molar refractivity (Wildman–Crippen MR) is 144 cm³/mol. The van der Waals surface area contributed by atoms with Gasteiger partial charge in [0.1, 0.15) is 11.5 Å². The number of sulfonamides is 1. The molecule has 0 fully saturated rings. The van der Waals surface area contributed by atoms with Gasteiger partial charge in [-0.15, -0.1) is 11.3 Å². The molecule has 2 N–H and O–H groups in total. The highest BCUT2D eigenvalue weighted by molar-refractivity contribution is 7.92. The summed E-state index contributed by atoms with van der Waals surface area (Å²) < 4.78 is 81.0. The Morgan fingerprint density at radius 1 is 1.02 bits per heavy atom. The van der Waals surface area contributed by atoms with Crippen LogP contribution in [-0.4, -0.2) is 37.7 Å². The third kappa shape index (κ3) is 6.46. The highest BCUT2D eigenvalue weighted by Gasteiger charge is 2.37. The molecule has 0 spiro atoms. The van der Waals surface area contributed by atoms with E-state index in [1.807, 2.05) is 0 Å². The smallest absolute Gasteiger partial charge is 0.418 e. The van der Waals surface area contributed by atoms with Gasteiger partial charge < -0.3 is 19.9 Å². The first-order chi connectivity index (χ1) is 19.1. The Balaban J connectivity index is 1.68. The molecule has 2 aromatic carbocycles. The van der Waals surface area contributed by atoms with Crippen molar-refractivity contribution in [3.63, 3.8) is 0 Å². The molecule has 0 aliphatic carbocycles. The van der Waals surface area contributed by atoms with Crippen LogP contribution >= 0.6 is 11.3 Å². The fourth-order valence-electron chi connectivity index (χ4n) is 3.80. The number of aromatic nitrogens is 2. The molecule has 0 aliphatic rings. The fourth-order valence-corrected chi connectivity index (χ4v) is 5.75. The number of hydrogen-bond donors (Lipinski definition) is 2. The van der Waals surface area contributed by atoms with Crippen LogP contribution in [0.1, 0.15) is 22.3 Å². The molecule has 0 unspecified atom stereocenters. The maximum atomic E-state index is 14.1. The number of benzene rings is 2. The summed E-state index contributed by atoms with van der Waals surface area (Å²) in [6, 6.07) is 11.9. The lowest BCUT2D eigenvalue weighted by molar-refractivity contribution is -0.137. The largest absolute Gasteiger partial charge is 0.497 e. The molecule has 0 saturated heterocycles. The average molecular weight is 595 g/mol. The molecule has 0 bridgehead atoms. The lowest BCUT2D eigenvalue weighted by Crippen LogP contribution is -2.32. The maximum Gasteiger partial charge on any atom is 0.418 e. The molecule has 2 heterocycles. The summed E-state index contributed by atoms with van der Waals surface area (Å²) in [5.74, 6) is 0.988. The van der Waals surface area contributed by atoms with Crippen molar-refractivity contribution in [2.45, 2.75) is 30.9 Å². The monoisotopic (exact) mass is 594 g/mol. The first-order valence-electron chi connectivity index (χ1n) is 11.7. The molecule has 212 valence electrons. The molecule has 0 aliphatic heterocycles. The number of pyridine rings is 1. The number of nitrogens with one attached hydrogen (secondary N) is 1. The van der Waals surface area contributed by atoms with Crippen molar-refractivity contribution in [3.05, 3.63) is 87.9 Å². The number of hydrogen-bond acceptors (Lipinski definition) is 9. The lowest BCUT2D eigenvalue weighted by atomic mass is 10.1. The fraction of sp³-hybridized carbons (Fsp3) is 0.231. The number of aliphatic hydroxyl groups is 1. The van der Waals surface area contributed by atoms with E-state index in [1.54, 1.807) is 42.5 Å². The number of rotatable bonds is 11. The summed E-state index contributed by atoms with van der Waals surface area (Å²) in [4.78, 5) is 7.98. The van der Waals surface area contributed by atoms with Gasteiger partial charge in [-0.25, -0.2) is 14.3 Å². The molecule has 40 heavy (non-hydrogen) atoms. The molecule has 0 saturated carbocycles. The average Bonchev–Trinajstić information content (AvgIpc) is 3.49. The minimum Gasteiger partial charge on any atom is -0.497 e. The summed E-state index contributed by atoms with van der Waals surface area (Å²) >= 11 is 1.14. The van der Waals surface area contributed by atoms with Crippen LogP contribution in [0.2, 0.25) is 0 Å². The quantitative estimate of drug-likeness (QED) is 0.247. The first kappa shape index (κ1) is 29.1. The Hall–Kier alpha value is -3.88. The van der Waals surface area contributed by atoms with Gasteiger partial charge in [-0.3, -0.25) is 0 Å². The van der Waals surface area contributed by atoms with Crippen molar-refractivity contribution in [1.82, 2.24) is 9.97 Å². The Kier molecular flexibility index (Phi) is 8.81. The van der Waals surface area contributed by atoms with Crippen molar-refractivity contribution < 1.29 is 36.2 Å². The Labute approximate surface area is 232 Å². The van der Waals surface area contributed by atoms with E-state index in [4.69, 9.17) is 9.47 Å². The van der Waals surface area contributed by atoms with Gasteiger partial charge in [-0.05, 0) is 35.4 Å². The van der Waals surface area contributed by atoms with Crippen LogP contribution in [0.4, 0.5) is 24.7 Å². The number of methoxy groups -OCH3 is 2. The van der Waals surface area contributed by atoms with E-state index >= 15 is 0 Å². The highest BCUT2D eigenvalue weighted by Crippen LogP contribution is 2.37. The van der Waals surface area contributed by atoms with Crippen LogP contribution in [0, 0.1) is 0 Å². The van der Waals surface area contributed by atoms with Crippen molar-refractivity contribution in [1.29, 1.82) is 0 Å². The summed E-state index contributed by atoms with van der Waals surface area (Å²) in [5, 5.41) is 12.7. The first-order valence-corrected chi connectivity index (χ1v) is 14.1. The minimum atomic E-state index is -4.89. The van der Waals surface area contributed by atoms with Crippen LogP contribution < -0.4 is 19.1 Å². The Bertz CT molecular complexity index is 1550. The van der Waals surface area contributed by atoms with Gasteiger partial charge in [0, 0.05) is 17.5 Å². The van der Waals surface area contributed by atoms with Gasteiger partial charge in [0.05, 0.1) is 50.3 Å². The number of thiazole rings is 1. The highest BCUT2D eigenvalue weighted by atomic mass is 32.2. The van der Waals surface area contributed by atoms with Crippen LogP contribution in [0.5, 0.6) is 11.5 Å². The molecule has 9 nitrogen and oxygen atoms in total. The lowest BCUT2D eigenvalue weighted by Gasteiger charge is -2.23. The van der Waals surface area contributed by atoms with E-state index in [-0.39, 0.29) is 25.5 Å². The van der Waals surface area contributed by atoms with Gasteiger partial charge in [0.25, 0.3) is 10.0 Å². The molecule has 0 amide bonds. The third-order valence-electron chi connectivity index (χ3n) is 5.90. The predicted octanol–water partition coefficient (Wildman–Crippen LogP) is 5.07. The zero-order chi connectivity index (χ0) is 28.9. The van der Waals surface area contributed by atoms with E-state index < -0.39 is 32.5 Å². The normalized spacial score (nSPS) is 11.8. The van der Waals surface area contributed by atoms with Crippen LogP contribution in [0.3, 0.4) is 0 Å². The van der Waals surface area contributed by atoms with Gasteiger partial charge in [0.2, 0.25) is 0 Å². The van der Waals surface area contributed by atoms with Gasteiger partial charge in [-0.1, -0.05) is 24.3 Å². The summed E-state index contributed by atoms with van der Waals surface area (Å²) in [5.41, 5.74) is 1.48. The van der Waals surface area contributed by atoms with Gasteiger partial charge in [0.15, 0.2) is 10.8 Å². The SMILES string of the molecule is COc1ccc(CN(c2cscn2)S(=O)(=O)c2cc(C(F)(F)F)c(NCc3ccc(CO)cc3OC)cn2)cc1. The van der Waals surface area contributed by atoms with E-state index in [2.05, 4.69) is 15.3 Å². The molecule has 0 atom stereocenters. The molecule has 4 rings (SSSR count). The third-order valence-corrected chi connectivity index (χ3v) is 8.12. The Morgan fingerprint density at radius 2 is 1.75 bits per heavy atom. The number of ether oxygens (including phenoxy) is 2. The van der Waals surface area contributed by atoms with Crippen LogP contribution in [-0.2, 0) is 35.9 Å². The molecule has 14 heteroatoms. The second kappa shape index (κ2) is 12.1. The number of nitrogens with zero attached hydrogens (tertiary/aromatic N) is 3. The van der Waals surface area contributed by atoms with E-state index in [1.165, 1.54) is 25.1 Å². The maximum absolute atomic E-state index is 14.1. The van der Waals surface area contributed by atoms with E-state index in [0.29, 0.717) is 34.3 Å². The van der Waals surface area contributed by atoms with E-state index in [9.17, 15) is 26.7 Å². The van der Waals surface area contributed by atoms with Crippen LogP contribution in [0.15, 0.2) is 70.6 Å². The molecular weight excluding hydrogens is 569 g/mol. The van der Waals surface area contributed by atoms with Gasteiger partial charge in [-0.2, -0.15) is 21.6 Å². The number of halogens is 3. The minimum absolute atomic E-state index is 0.0526. The molecule has 0 radical (unpaired) electrons. The molecular formula is C26H25F3N4O5S2. The number of alkyl halides is 3. The second-order valence-corrected chi connectivity index (χ2v) is 11.0. The summed E-state index contributed by atoms with van der Waals surface area (Å²) in [6.07, 6.45) is -4.04. The molecule has 2 aromatic heterocycles. The van der Waals surface area contributed by atoms with Gasteiger partial charge >= 0.3 is 6.18 Å². The molecule has 4 aromatic rings. The number of anilines is 2. The second-order valence-electron chi connectivity index (χ2n) is 8.43. The van der Waals surface area contributed by atoms with Crippen molar-refractivity contribution in [3.8, 4) is 11.5 Å². The number of aliphatic hydroxyl groups excluding tert-OH is 1. The summed E-state index contributed by atoms with van der Waals surface area (Å²) in [7, 11) is -1.66.